The van der Waals surface area contributed by atoms with Crippen molar-refractivity contribution in [2.24, 2.45) is 5.92 Å². The number of aryl methyl sites for hydroxylation is 2. The summed E-state index contributed by atoms with van der Waals surface area (Å²) >= 11 is 0. The number of hydrogen-bond donors (Lipinski definition) is 1. The lowest BCUT2D eigenvalue weighted by molar-refractivity contribution is -0.386. The van der Waals surface area contributed by atoms with Gasteiger partial charge < -0.3 is 5.11 Å². The Labute approximate surface area is 99.4 Å². The lowest BCUT2D eigenvalue weighted by Gasteiger charge is -2.09. The Bertz CT molecular complexity index is 437. The van der Waals surface area contributed by atoms with Crippen molar-refractivity contribution >= 4 is 5.69 Å². The van der Waals surface area contributed by atoms with E-state index in [0.29, 0.717) is 30.3 Å². The third kappa shape index (κ3) is 2.31. The predicted molar refractivity (Wildman–Crippen MR) is 61.7 cm³/mol. The monoisotopic (exact) mass is 239 g/mol. The topological polar surface area (TPSA) is 81.2 Å². The molecule has 6 nitrogen and oxygen atoms in total. The summed E-state index contributed by atoms with van der Waals surface area (Å²) in [4.78, 5) is 10.6. The van der Waals surface area contributed by atoms with E-state index in [1.165, 1.54) is 0 Å². The number of nitro groups is 1. The fraction of sp³-hybridized carbons (Fsp3) is 0.727. The minimum Gasteiger partial charge on any atom is -0.392 e. The molecule has 0 spiro atoms. The van der Waals surface area contributed by atoms with Gasteiger partial charge in [-0.25, -0.2) is 0 Å². The molecule has 1 aromatic heterocycles. The molecule has 1 aliphatic carbocycles. The first-order valence-electron chi connectivity index (χ1n) is 5.93. The molecule has 0 amide bonds. The highest BCUT2D eigenvalue weighted by Gasteiger charge is 2.33. The Hall–Kier alpha value is -1.43. The van der Waals surface area contributed by atoms with Crippen LogP contribution in [0.15, 0.2) is 0 Å². The van der Waals surface area contributed by atoms with Gasteiger partial charge in [0.15, 0.2) is 0 Å². The first-order valence-corrected chi connectivity index (χ1v) is 5.93. The van der Waals surface area contributed by atoms with Gasteiger partial charge >= 0.3 is 5.69 Å². The highest BCUT2D eigenvalue weighted by atomic mass is 16.6. The fourth-order valence-electron chi connectivity index (χ4n) is 2.17. The van der Waals surface area contributed by atoms with E-state index in [4.69, 9.17) is 0 Å². The van der Waals surface area contributed by atoms with Gasteiger partial charge in [-0.15, -0.1) is 0 Å². The minimum absolute atomic E-state index is 0.0616. The first-order chi connectivity index (χ1) is 8.04. The van der Waals surface area contributed by atoms with Gasteiger partial charge in [0.1, 0.15) is 11.4 Å². The maximum absolute atomic E-state index is 11.0. The van der Waals surface area contributed by atoms with E-state index in [1.807, 2.05) is 6.92 Å². The van der Waals surface area contributed by atoms with Crippen molar-refractivity contribution in [3.05, 3.63) is 21.5 Å². The van der Waals surface area contributed by atoms with E-state index in [-0.39, 0.29) is 5.69 Å². The number of nitrogens with zero attached hydrogens (tertiary/aromatic N) is 3. The minimum atomic E-state index is -0.477. The van der Waals surface area contributed by atoms with E-state index >= 15 is 0 Å². The van der Waals surface area contributed by atoms with Crippen LogP contribution in [0.3, 0.4) is 0 Å². The van der Waals surface area contributed by atoms with Crippen LogP contribution >= 0.6 is 0 Å². The van der Waals surface area contributed by atoms with Crippen LogP contribution in [0.5, 0.6) is 0 Å². The van der Waals surface area contributed by atoms with Gasteiger partial charge in [-0.05, 0) is 32.6 Å². The smallest absolute Gasteiger partial charge is 0.313 e. The summed E-state index contributed by atoms with van der Waals surface area (Å²) in [6.07, 6.45) is 1.90. The molecule has 6 heteroatoms. The van der Waals surface area contributed by atoms with E-state index in [0.717, 1.165) is 12.8 Å². The highest BCUT2D eigenvalue weighted by molar-refractivity contribution is 5.41. The van der Waals surface area contributed by atoms with E-state index in [2.05, 4.69) is 5.10 Å². The lowest BCUT2D eigenvalue weighted by Crippen LogP contribution is -2.17. The maximum Gasteiger partial charge on any atom is 0.313 e. The van der Waals surface area contributed by atoms with E-state index in [9.17, 15) is 15.2 Å². The maximum atomic E-state index is 11.0. The van der Waals surface area contributed by atoms with Crippen LogP contribution in [-0.2, 0) is 13.0 Å². The molecule has 1 atom stereocenters. The number of rotatable bonds is 5. The van der Waals surface area contributed by atoms with Crippen LogP contribution in [0.2, 0.25) is 0 Å². The van der Waals surface area contributed by atoms with Crippen LogP contribution < -0.4 is 0 Å². The summed E-state index contributed by atoms with van der Waals surface area (Å²) in [7, 11) is 0. The second-order valence-electron chi connectivity index (χ2n) is 4.56. The van der Waals surface area contributed by atoms with Crippen LogP contribution in [0.4, 0.5) is 5.69 Å². The second-order valence-corrected chi connectivity index (χ2v) is 4.56. The van der Waals surface area contributed by atoms with Gasteiger partial charge in [-0.3, -0.25) is 14.8 Å². The largest absolute Gasteiger partial charge is 0.392 e. The van der Waals surface area contributed by atoms with E-state index < -0.39 is 11.0 Å². The van der Waals surface area contributed by atoms with Crippen LogP contribution in [0, 0.1) is 23.0 Å². The highest BCUT2D eigenvalue weighted by Crippen LogP contribution is 2.35. The number of aliphatic hydroxyl groups excluding tert-OH is 1. The molecule has 0 bridgehead atoms. The Morgan fingerprint density at radius 3 is 2.76 bits per heavy atom. The van der Waals surface area contributed by atoms with Crippen molar-refractivity contribution in [1.29, 1.82) is 0 Å². The fourth-order valence-corrected chi connectivity index (χ4v) is 2.17. The van der Waals surface area contributed by atoms with Gasteiger partial charge in [0.05, 0.1) is 11.0 Å². The summed E-state index contributed by atoms with van der Waals surface area (Å²) in [5, 5.41) is 25.1. The van der Waals surface area contributed by atoms with Crippen molar-refractivity contribution in [2.75, 3.05) is 0 Å². The lowest BCUT2D eigenvalue weighted by atomic mass is 10.1. The Balaban J connectivity index is 2.31. The molecular formula is C11H17N3O3. The molecule has 1 saturated carbocycles. The quantitative estimate of drug-likeness (QED) is 0.622. The zero-order valence-corrected chi connectivity index (χ0v) is 10.1. The van der Waals surface area contributed by atoms with Gasteiger partial charge in [0.25, 0.3) is 0 Å². The molecule has 1 heterocycles. The molecule has 0 aliphatic heterocycles. The standard InChI is InChI=1S/C11H17N3O3/c1-3-13-9(6-10(15)8-4-5-8)11(14(16)17)7(2)12-13/h8,10,15H,3-6H2,1-2H3. The van der Waals surface area contributed by atoms with Crippen molar-refractivity contribution in [3.8, 4) is 0 Å². The van der Waals surface area contributed by atoms with Gasteiger partial charge in [-0.1, -0.05) is 0 Å². The number of hydrogen-bond acceptors (Lipinski definition) is 4. The molecule has 94 valence electrons. The van der Waals surface area contributed by atoms with Crippen molar-refractivity contribution in [1.82, 2.24) is 9.78 Å². The first kappa shape index (κ1) is 12.0. The molecule has 0 radical (unpaired) electrons. The summed E-state index contributed by atoms with van der Waals surface area (Å²) in [5.41, 5.74) is 1.04. The van der Waals surface area contributed by atoms with Crippen LogP contribution in [0.1, 0.15) is 31.2 Å². The summed E-state index contributed by atoms with van der Waals surface area (Å²) in [6, 6.07) is 0. The van der Waals surface area contributed by atoms with Crippen molar-refractivity contribution in [2.45, 2.75) is 45.8 Å². The number of aromatic nitrogens is 2. The SMILES string of the molecule is CCn1nc(C)c([N+](=O)[O-])c1CC(O)C1CC1. The zero-order chi connectivity index (χ0) is 12.6. The molecular weight excluding hydrogens is 222 g/mol. The predicted octanol–water partition coefficient (Wildman–Crippen LogP) is 1.43. The third-order valence-electron chi connectivity index (χ3n) is 3.25. The Morgan fingerprint density at radius 1 is 1.65 bits per heavy atom. The molecule has 0 aromatic carbocycles. The van der Waals surface area contributed by atoms with Crippen molar-refractivity contribution < 1.29 is 10.0 Å². The average Bonchev–Trinajstić information content (AvgIpc) is 3.04. The van der Waals surface area contributed by atoms with Gasteiger partial charge in [0.2, 0.25) is 0 Å². The number of aliphatic hydroxyl groups is 1. The molecule has 1 unspecified atom stereocenters. The third-order valence-corrected chi connectivity index (χ3v) is 3.25. The zero-order valence-electron chi connectivity index (χ0n) is 10.1. The van der Waals surface area contributed by atoms with Gasteiger partial charge in [-0.2, -0.15) is 5.10 Å². The summed E-state index contributed by atoms with van der Waals surface area (Å²) in [6.45, 7) is 4.11. The molecule has 1 aliphatic rings. The van der Waals surface area contributed by atoms with Crippen LogP contribution in [0.25, 0.3) is 0 Å². The molecule has 1 fully saturated rings. The Kier molecular flexibility index (Phi) is 3.15. The average molecular weight is 239 g/mol. The normalized spacial score (nSPS) is 17.1. The van der Waals surface area contributed by atoms with Gasteiger partial charge in [0, 0.05) is 13.0 Å². The molecule has 0 saturated heterocycles. The van der Waals surface area contributed by atoms with E-state index in [1.54, 1.807) is 11.6 Å². The summed E-state index contributed by atoms with van der Waals surface area (Å²) < 4.78 is 1.62. The second kappa shape index (κ2) is 4.44. The van der Waals surface area contributed by atoms with Crippen LogP contribution in [-0.4, -0.2) is 25.9 Å². The molecule has 1 N–H and O–H groups in total. The Morgan fingerprint density at radius 2 is 2.29 bits per heavy atom. The molecule has 1 aromatic rings. The summed E-state index contributed by atoms with van der Waals surface area (Å²) in [5.74, 6) is 0.315. The molecule has 17 heavy (non-hydrogen) atoms. The van der Waals surface area contributed by atoms with Crippen molar-refractivity contribution in [3.63, 3.8) is 0 Å². The molecule has 2 rings (SSSR count).